The molecule has 1 saturated carbocycles. The Hall–Kier alpha value is -0.940. The molecular weight excluding hydrogens is 206 g/mol. The van der Waals surface area contributed by atoms with Crippen LogP contribution in [0, 0.1) is 0 Å². The Morgan fingerprint density at radius 3 is 2.56 bits per heavy atom. The first kappa shape index (κ1) is 11.5. The van der Waals surface area contributed by atoms with E-state index in [1.165, 1.54) is 0 Å². The molecule has 0 spiro atoms. The number of hydrogen-bond donors (Lipinski definition) is 2. The van der Waals surface area contributed by atoms with Crippen molar-refractivity contribution in [1.82, 2.24) is 15.0 Å². The van der Waals surface area contributed by atoms with Gasteiger partial charge in [0.1, 0.15) is 11.3 Å². The summed E-state index contributed by atoms with van der Waals surface area (Å²) in [6.45, 7) is 3.81. The minimum absolute atomic E-state index is 0.468. The Balaban J connectivity index is 2.08. The van der Waals surface area contributed by atoms with Gasteiger partial charge in [-0.15, -0.1) is 5.10 Å². The summed E-state index contributed by atoms with van der Waals surface area (Å²) in [6, 6.07) is 0. The topological polar surface area (TPSA) is 71.2 Å². The number of hydrogen-bond acceptors (Lipinski definition) is 4. The molecule has 2 N–H and O–H groups in total. The summed E-state index contributed by atoms with van der Waals surface area (Å²) in [5.41, 5.74) is -1.07. The molecule has 0 saturated heterocycles. The zero-order chi connectivity index (χ0) is 11.8. The van der Waals surface area contributed by atoms with Gasteiger partial charge in [0.2, 0.25) is 0 Å². The van der Waals surface area contributed by atoms with Gasteiger partial charge in [-0.1, -0.05) is 18.1 Å². The first-order valence-electron chi connectivity index (χ1n) is 5.74. The minimum atomic E-state index is -0.976. The van der Waals surface area contributed by atoms with Crippen LogP contribution in [0.15, 0.2) is 6.20 Å². The second kappa shape index (κ2) is 3.82. The lowest BCUT2D eigenvalue weighted by Gasteiger charge is -2.21. The van der Waals surface area contributed by atoms with Crippen molar-refractivity contribution in [2.24, 2.45) is 0 Å². The zero-order valence-electron chi connectivity index (χ0n) is 9.85. The monoisotopic (exact) mass is 225 g/mol. The third-order valence-electron chi connectivity index (χ3n) is 3.16. The molecule has 1 heterocycles. The predicted octanol–water partition coefficient (Wildman–Crippen LogP) is 0.811. The van der Waals surface area contributed by atoms with E-state index in [1.807, 2.05) is 0 Å². The molecule has 1 aliphatic carbocycles. The number of rotatable bonds is 3. The molecule has 0 bridgehead atoms. The fourth-order valence-electron chi connectivity index (χ4n) is 2.15. The Morgan fingerprint density at radius 2 is 2.06 bits per heavy atom. The molecule has 1 aromatic rings. The van der Waals surface area contributed by atoms with Gasteiger partial charge in [-0.3, -0.25) is 0 Å². The van der Waals surface area contributed by atoms with Gasteiger partial charge >= 0.3 is 0 Å². The van der Waals surface area contributed by atoms with E-state index in [9.17, 15) is 10.2 Å². The molecule has 90 valence electrons. The summed E-state index contributed by atoms with van der Waals surface area (Å²) in [6.07, 6.45) is 5.50. The van der Waals surface area contributed by atoms with E-state index < -0.39 is 11.2 Å². The van der Waals surface area contributed by atoms with Crippen LogP contribution in [0.5, 0.6) is 0 Å². The molecule has 0 amide bonds. The van der Waals surface area contributed by atoms with Gasteiger partial charge in [0.25, 0.3) is 0 Å². The van der Waals surface area contributed by atoms with Gasteiger partial charge in [-0.05, 0) is 26.7 Å². The molecule has 0 radical (unpaired) electrons. The van der Waals surface area contributed by atoms with E-state index in [0.717, 1.165) is 25.7 Å². The standard InChI is InChI=1S/C11H19N3O2/c1-10(2,15)9-7-14(13-12-9)8-11(16)5-3-4-6-11/h7,15-16H,3-6,8H2,1-2H3. The number of aromatic nitrogens is 3. The highest BCUT2D eigenvalue weighted by Crippen LogP contribution is 2.30. The summed E-state index contributed by atoms with van der Waals surface area (Å²) in [5, 5.41) is 27.8. The first-order chi connectivity index (χ1) is 7.39. The van der Waals surface area contributed by atoms with Crippen LogP contribution in [0.1, 0.15) is 45.2 Å². The van der Waals surface area contributed by atoms with E-state index in [4.69, 9.17) is 0 Å². The van der Waals surface area contributed by atoms with E-state index in [1.54, 1.807) is 24.7 Å². The molecule has 1 aromatic heterocycles. The van der Waals surface area contributed by atoms with Crippen molar-refractivity contribution in [3.05, 3.63) is 11.9 Å². The number of nitrogens with zero attached hydrogens (tertiary/aromatic N) is 3. The lowest BCUT2D eigenvalue weighted by atomic mass is 10.0. The van der Waals surface area contributed by atoms with Crippen molar-refractivity contribution < 1.29 is 10.2 Å². The molecule has 0 aliphatic heterocycles. The van der Waals surface area contributed by atoms with Crippen LogP contribution in [-0.2, 0) is 12.1 Å². The Labute approximate surface area is 95.1 Å². The van der Waals surface area contributed by atoms with Gasteiger partial charge in [-0.25, -0.2) is 4.68 Å². The normalized spacial score (nSPS) is 20.2. The lowest BCUT2D eigenvalue weighted by molar-refractivity contribution is 0.0258. The maximum atomic E-state index is 10.2. The van der Waals surface area contributed by atoms with E-state index in [0.29, 0.717) is 12.2 Å². The van der Waals surface area contributed by atoms with Crippen molar-refractivity contribution in [3.8, 4) is 0 Å². The van der Waals surface area contributed by atoms with Gasteiger partial charge in [0.15, 0.2) is 0 Å². The summed E-state index contributed by atoms with van der Waals surface area (Å²) in [4.78, 5) is 0. The second-order valence-electron chi connectivity index (χ2n) is 5.29. The zero-order valence-corrected chi connectivity index (χ0v) is 9.85. The van der Waals surface area contributed by atoms with E-state index in [-0.39, 0.29) is 0 Å². The van der Waals surface area contributed by atoms with Gasteiger partial charge < -0.3 is 10.2 Å². The maximum absolute atomic E-state index is 10.2. The van der Waals surface area contributed by atoms with Crippen LogP contribution in [0.3, 0.4) is 0 Å². The van der Waals surface area contributed by atoms with Gasteiger partial charge in [0.05, 0.1) is 18.3 Å². The smallest absolute Gasteiger partial charge is 0.114 e. The summed E-state index contributed by atoms with van der Waals surface area (Å²) < 4.78 is 1.62. The highest BCUT2D eigenvalue weighted by Gasteiger charge is 2.32. The average Bonchev–Trinajstić information content (AvgIpc) is 2.74. The summed E-state index contributed by atoms with van der Waals surface area (Å²) in [5.74, 6) is 0. The molecule has 5 nitrogen and oxygen atoms in total. The quantitative estimate of drug-likeness (QED) is 0.798. The van der Waals surface area contributed by atoms with Crippen LogP contribution in [0.2, 0.25) is 0 Å². The second-order valence-corrected chi connectivity index (χ2v) is 5.29. The van der Waals surface area contributed by atoms with E-state index >= 15 is 0 Å². The van der Waals surface area contributed by atoms with Crippen molar-refractivity contribution in [1.29, 1.82) is 0 Å². The molecule has 1 fully saturated rings. The van der Waals surface area contributed by atoms with Crippen LogP contribution >= 0.6 is 0 Å². The SMILES string of the molecule is CC(C)(O)c1cn(CC2(O)CCCC2)nn1. The Bertz CT molecular complexity index is 362. The fourth-order valence-corrected chi connectivity index (χ4v) is 2.15. The molecule has 0 aromatic carbocycles. The third-order valence-corrected chi connectivity index (χ3v) is 3.16. The molecule has 0 unspecified atom stereocenters. The van der Waals surface area contributed by atoms with E-state index in [2.05, 4.69) is 10.3 Å². The minimum Gasteiger partial charge on any atom is -0.388 e. The van der Waals surface area contributed by atoms with Crippen molar-refractivity contribution in [3.63, 3.8) is 0 Å². The predicted molar refractivity (Wildman–Crippen MR) is 58.7 cm³/mol. The molecule has 2 rings (SSSR count). The highest BCUT2D eigenvalue weighted by atomic mass is 16.3. The maximum Gasteiger partial charge on any atom is 0.114 e. The Morgan fingerprint density at radius 1 is 1.44 bits per heavy atom. The highest BCUT2D eigenvalue weighted by molar-refractivity contribution is 5.03. The summed E-state index contributed by atoms with van der Waals surface area (Å²) in [7, 11) is 0. The third kappa shape index (κ3) is 2.41. The molecule has 1 aliphatic rings. The van der Waals surface area contributed by atoms with Gasteiger partial charge in [0, 0.05) is 0 Å². The Kier molecular flexibility index (Phi) is 2.75. The number of aliphatic hydroxyl groups is 2. The molecule has 16 heavy (non-hydrogen) atoms. The van der Waals surface area contributed by atoms with Crippen molar-refractivity contribution in [2.45, 2.75) is 57.3 Å². The largest absolute Gasteiger partial charge is 0.388 e. The molecule has 5 heteroatoms. The molecule has 0 atom stereocenters. The van der Waals surface area contributed by atoms with Crippen LogP contribution in [0.25, 0.3) is 0 Å². The van der Waals surface area contributed by atoms with Crippen molar-refractivity contribution in [2.75, 3.05) is 0 Å². The van der Waals surface area contributed by atoms with Crippen LogP contribution in [-0.4, -0.2) is 30.8 Å². The summed E-state index contributed by atoms with van der Waals surface area (Å²) >= 11 is 0. The first-order valence-corrected chi connectivity index (χ1v) is 5.74. The van der Waals surface area contributed by atoms with Crippen LogP contribution in [0.4, 0.5) is 0 Å². The molecular formula is C11H19N3O2. The fraction of sp³-hybridized carbons (Fsp3) is 0.818. The lowest BCUT2D eigenvalue weighted by Crippen LogP contribution is -2.30. The van der Waals surface area contributed by atoms with Gasteiger partial charge in [-0.2, -0.15) is 0 Å². The average molecular weight is 225 g/mol. The van der Waals surface area contributed by atoms with Crippen molar-refractivity contribution >= 4 is 0 Å². The van der Waals surface area contributed by atoms with Crippen LogP contribution < -0.4 is 0 Å².